The van der Waals surface area contributed by atoms with E-state index in [1.165, 1.54) is 12.8 Å². The highest BCUT2D eigenvalue weighted by Crippen LogP contribution is 2.51. The summed E-state index contributed by atoms with van der Waals surface area (Å²) in [5.74, 6) is 1.62. The van der Waals surface area contributed by atoms with E-state index in [0.29, 0.717) is 12.0 Å². The van der Waals surface area contributed by atoms with Crippen LogP contribution in [-0.2, 0) is 10.2 Å². The third kappa shape index (κ3) is 3.44. The zero-order valence-electron chi connectivity index (χ0n) is 15.2. The van der Waals surface area contributed by atoms with E-state index in [0.717, 1.165) is 43.8 Å². The minimum Gasteiger partial charge on any atom is -0.496 e. The zero-order valence-corrected chi connectivity index (χ0v) is 15.2. The van der Waals surface area contributed by atoms with Gasteiger partial charge < -0.3 is 15.0 Å². The largest absolute Gasteiger partial charge is 0.496 e. The van der Waals surface area contributed by atoms with Gasteiger partial charge in [0.1, 0.15) is 5.75 Å². The van der Waals surface area contributed by atoms with Gasteiger partial charge in [0.25, 0.3) is 0 Å². The standard InChI is InChI=1S/C20H30N2O2/c1-15(2)22-12-8-16(9-13-22)14-21-19(23)20(10-11-20)17-6-4-5-7-18(17)24-3/h4-7,15-16H,8-14H2,1-3H3,(H,21,23). The molecular formula is C20H30N2O2. The first-order valence-corrected chi connectivity index (χ1v) is 9.22. The smallest absolute Gasteiger partial charge is 0.230 e. The van der Waals surface area contributed by atoms with E-state index in [9.17, 15) is 4.79 Å². The lowest BCUT2D eigenvalue weighted by atomic mass is 9.92. The number of carbonyl (C=O) groups is 1. The molecule has 2 aliphatic rings. The number of hydrogen-bond acceptors (Lipinski definition) is 3. The average Bonchev–Trinajstić information content (AvgIpc) is 3.41. The van der Waals surface area contributed by atoms with E-state index < -0.39 is 0 Å². The molecule has 0 aromatic heterocycles. The van der Waals surface area contributed by atoms with Crippen LogP contribution >= 0.6 is 0 Å². The number of nitrogens with one attached hydrogen (secondary N) is 1. The fourth-order valence-corrected chi connectivity index (χ4v) is 3.86. The second-order valence-electron chi connectivity index (χ2n) is 7.57. The van der Waals surface area contributed by atoms with Crippen molar-refractivity contribution in [3.63, 3.8) is 0 Å². The van der Waals surface area contributed by atoms with Gasteiger partial charge in [-0.05, 0) is 64.6 Å². The van der Waals surface area contributed by atoms with Crippen LogP contribution in [-0.4, -0.2) is 43.6 Å². The van der Waals surface area contributed by atoms with Gasteiger partial charge in [0.2, 0.25) is 5.91 Å². The molecule has 0 atom stereocenters. The van der Waals surface area contributed by atoms with Crippen LogP contribution in [0.3, 0.4) is 0 Å². The molecule has 1 aromatic rings. The molecule has 4 heteroatoms. The number of para-hydroxylation sites is 1. The topological polar surface area (TPSA) is 41.6 Å². The SMILES string of the molecule is COc1ccccc1C1(C(=O)NCC2CCN(C(C)C)CC2)CC1. The fourth-order valence-electron chi connectivity index (χ4n) is 3.86. The third-order valence-corrected chi connectivity index (χ3v) is 5.74. The number of piperidine rings is 1. The Morgan fingerprint density at radius 3 is 2.54 bits per heavy atom. The summed E-state index contributed by atoms with van der Waals surface area (Å²) < 4.78 is 5.46. The number of likely N-dealkylation sites (tertiary alicyclic amines) is 1. The van der Waals surface area contributed by atoms with Crippen LogP contribution in [0.15, 0.2) is 24.3 Å². The van der Waals surface area contributed by atoms with Gasteiger partial charge in [-0.3, -0.25) is 4.79 Å². The van der Waals surface area contributed by atoms with Crippen LogP contribution in [0, 0.1) is 5.92 Å². The van der Waals surface area contributed by atoms with Gasteiger partial charge in [0.15, 0.2) is 0 Å². The number of benzene rings is 1. The summed E-state index contributed by atoms with van der Waals surface area (Å²) >= 11 is 0. The lowest BCUT2D eigenvalue weighted by Crippen LogP contribution is -2.43. The number of carbonyl (C=O) groups excluding carboxylic acids is 1. The maximum absolute atomic E-state index is 12.8. The van der Waals surface area contributed by atoms with Gasteiger partial charge in [-0.25, -0.2) is 0 Å². The van der Waals surface area contributed by atoms with Crippen molar-refractivity contribution in [2.24, 2.45) is 5.92 Å². The fraction of sp³-hybridized carbons (Fsp3) is 0.650. The molecule has 1 aromatic carbocycles. The van der Waals surface area contributed by atoms with Crippen molar-refractivity contribution in [1.29, 1.82) is 0 Å². The molecule has 0 bridgehead atoms. The van der Waals surface area contributed by atoms with Gasteiger partial charge in [-0.15, -0.1) is 0 Å². The molecule has 132 valence electrons. The number of nitrogens with zero attached hydrogens (tertiary/aromatic N) is 1. The highest BCUT2D eigenvalue weighted by molar-refractivity contribution is 5.92. The second kappa shape index (κ2) is 7.14. The molecule has 1 saturated carbocycles. The molecule has 0 unspecified atom stereocenters. The summed E-state index contributed by atoms with van der Waals surface area (Å²) in [6.07, 6.45) is 4.20. The summed E-state index contributed by atoms with van der Waals surface area (Å²) in [5, 5.41) is 3.24. The Morgan fingerprint density at radius 1 is 1.29 bits per heavy atom. The van der Waals surface area contributed by atoms with Gasteiger partial charge in [0, 0.05) is 18.2 Å². The molecule has 2 fully saturated rings. The second-order valence-corrected chi connectivity index (χ2v) is 7.57. The number of hydrogen-bond donors (Lipinski definition) is 1. The lowest BCUT2D eigenvalue weighted by Gasteiger charge is -2.34. The van der Waals surface area contributed by atoms with E-state index >= 15 is 0 Å². The quantitative estimate of drug-likeness (QED) is 0.872. The Balaban J connectivity index is 1.56. The van der Waals surface area contributed by atoms with Crippen molar-refractivity contribution < 1.29 is 9.53 Å². The van der Waals surface area contributed by atoms with Crippen molar-refractivity contribution in [2.75, 3.05) is 26.7 Å². The van der Waals surface area contributed by atoms with Gasteiger partial charge >= 0.3 is 0 Å². The van der Waals surface area contributed by atoms with E-state index in [2.05, 4.69) is 24.1 Å². The molecule has 1 saturated heterocycles. The molecule has 1 amide bonds. The Labute approximate surface area is 145 Å². The van der Waals surface area contributed by atoms with Crippen LogP contribution in [0.5, 0.6) is 5.75 Å². The first-order valence-electron chi connectivity index (χ1n) is 9.22. The van der Waals surface area contributed by atoms with Crippen molar-refractivity contribution >= 4 is 5.91 Å². The highest BCUT2D eigenvalue weighted by Gasteiger charge is 2.52. The molecule has 0 spiro atoms. The Morgan fingerprint density at radius 2 is 1.96 bits per heavy atom. The van der Waals surface area contributed by atoms with E-state index in [1.54, 1.807) is 7.11 Å². The summed E-state index contributed by atoms with van der Waals surface area (Å²) in [4.78, 5) is 15.4. The molecule has 4 nitrogen and oxygen atoms in total. The lowest BCUT2D eigenvalue weighted by molar-refractivity contribution is -0.123. The van der Waals surface area contributed by atoms with Crippen molar-refractivity contribution in [2.45, 2.75) is 51.0 Å². The molecule has 24 heavy (non-hydrogen) atoms. The predicted octanol–water partition coefficient (Wildman–Crippen LogP) is 2.96. The Hall–Kier alpha value is -1.55. The van der Waals surface area contributed by atoms with Crippen LogP contribution in [0.2, 0.25) is 0 Å². The maximum Gasteiger partial charge on any atom is 0.230 e. The molecule has 1 heterocycles. The molecule has 1 aliphatic heterocycles. The number of amides is 1. The van der Waals surface area contributed by atoms with Crippen LogP contribution in [0.4, 0.5) is 0 Å². The number of ether oxygens (including phenoxy) is 1. The minimum atomic E-state index is -0.356. The maximum atomic E-state index is 12.8. The molecule has 3 rings (SSSR count). The van der Waals surface area contributed by atoms with Crippen LogP contribution < -0.4 is 10.1 Å². The van der Waals surface area contributed by atoms with E-state index in [1.807, 2.05) is 24.3 Å². The van der Waals surface area contributed by atoms with Gasteiger partial charge in [0.05, 0.1) is 12.5 Å². The third-order valence-electron chi connectivity index (χ3n) is 5.74. The minimum absolute atomic E-state index is 0.179. The first-order chi connectivity index (χ1) is 11.6. The normalized spacial score (nSPS) is 20.8. The number of methoxy groups -OCH3 is 1. The number of rotatable bonds is 6. The van der Waals surface area contributed by atoms with E-state index in [4.69, 9.17) is 4.74 Å². The van der Waals surface area contributed by atoms with Gasteiger partial charge in [-0.1, -0.05) is 18.2 Å². The summed E-state index contributed by atoms with van der Waals surface area (Å²) in [7, 11) is 1.68. The summed E-state index contributed by atoms with van der Waals surface area (Å²) in [6, 6.07) is 8.56. The van der Waals surface area contributed by atoms with Crippen LogP contribution in [0.1, 0.15) is 45.1 Å². The molecular weight excluding hydrogens is 300 g/mol. The molecule has 1 aliphatic carbocycles. The van der Waals surface area contributed by atoms with Crippen molar-refractivity contribution in [3.05, 3.63) is 29.8 Å². The zero-order chi connectivity index (χ0) is 17.2. The Bertz CT molecular complexity index is 573. The Kier molecular flexibility index (Phi) is 5.14. The predicted molar refractivity (Wildman–Crippen MR) is 96.3 cm³/mol. The average molecular weight is 330 g/mol. The summed E-state index contributed by atoms with van der Waals surface area (Å²) in [6.45, 7) is 7.62. The first kappa shape index (κ1) is 17.3. The van der Waals surface area contributed by atoms with Crippen LogP contribution in [0.25, 0.3) is 0 Å². The highest BCUT2D eigenvalue weighted by atomic mass is 16.5. The molecule has 0 radical (unpaired) electrons. The monoisotopic (exact) mass is 330 g/mol. The molecule has 1 N–H and O–H groups in total. The summed E-state index contributed by atoms with van der Waals surface area (Å²) in [5.41, 5.74) is 0.685. The van der Waals surface area contributed by atoms with Crippen molar-refractivity contribution in [3.8, 4) is 5.75 Å². The van der Waals surface area contributed by atoms with Gasteiger partial charge in [-0.2, -0.15) is 0 Å². The van der Waals surface area contributed by atoms with E-state index in [-0.39, 0.29) is 11.3 Å². The van der Waals surface area contributed by atoms with Crippen molar-refractivity contribution in [1.82, 2.24) is 10.2 Å².